The van der Waals surface area contributed by atoms with Crippen molar-refractivity contribution < 1.29 is 24.0 Å². The van der Waals surface area contributed by atoms with Gasteiger partial charge in [0.15, 0.2) is 5.96 Å². The minimum absolute atomic E-state index is 0.0885. The number of carbonyl (C=O) groups is 5. The van der Waals surface area contributed by atoms with Crippen molar-refractivity contribution in [1.82, 2.24) is 20.9 Å². The van der Waals surface area contributed by atoms with E-state index in [-0.39, 0.29) is 37.3 Å². The number of carbonyl (C=O) groups excluding carboxylic acids is 5. The quantitative estimate of drug-likeness (QED) is 0.0338. The summed E-state index contributed by atoms with van der Waals surface area (Å²) in [5.41, 5.74) is 23.1. The van der Waals surface area contributed by atoms with Crippen LogP contribution in [-0.4, -0.2) is 82.0 Å². The zero-order chi connectivity index (χ0) is 37.3. The van der Waals surface area contributed by atoms with Crippen LogP contribution in [0.1, 0.15) is 106 Å². The molecule has 16 heteroatoms. The fourth-order valence-electron chi connectivity index (χ4n) is 6.03. The Balaban J connectivity index is 1.73. The molecule has 14 nitrogen and oxygen atoms in total. The molecule has 1 aliphatic heterocycles. The molecule has 1 saturated heterocycles. The summed E-state index contributed by atoms with van der Waals surface area (Å²) in [7, 11) is 0. The smallest absolute Gasteiger partial charge is 0.266 e. The van der Waals surface area contributed by atoms with E-state index in [1.54, 1.807) is 35.2 Å². The predicted molar refractivity (Wildman–Crippen MR) is 205 cm³/mol. The third-order valence-corrected chi connectivity index (χ3v) is 10.2. The van der Waals surface area contributed by atoms with Crippen LogP contribution in [-0.2, 0) is 19.2 Å². The molecule has 11 N–H and O–H groups in total. The first kappa shape index (κ1) is 41.4. The predicted octanol–water partition coefficient (Wildman–Crippen LogP) is 2.15. The summed E-state index contributed by atoms with van der Waals surface area (Å²) in [6.07, 6.45) is 10.9. The zero-order valence-electron chi connectivity index (χ0n) is 29.4. The monoisotopic (exact) mass is 743 g/mol. The number of nitrogens with zero attached hydrogens (tertiary/aromatic N) is 2. The number of nitrogens with two attached hydrogens (primary N) is 4. The Morgan fingerprint density at radius 1 is 0.902 bits per heavy atom. The Labute approximate surface area is 309 Å². The van der Waals surface area contributed by atoms with Gasteiger partial charge in [-0.2, -0.15) is 0 Å². The maximum Gasteiger partial charge on any atom is 0.266 e. The standard InChI is InChI=1S/C35H53N9O5S2/c1-2-3-12-25(29(37)45)41-31(47)26(13-7-8-19-36)43-32(48)27(14-9-20-40-34(38)39)42-30(46)23-17-15-22(16-18-23)21-28-33(49)44(35(50)51-28)24-10-5-4-6-11-24/h15-18,21,24-27H,2-14,19-20,36H2,1H3,(H2,37,45)(H,41,47)(H,42,46)(H,43,48)(H4,38,39,40)/b28-21-/t25-,26-,27-/m0/s1. The lowest BCUT2D eigenvalue weighted by Crippen LogP contribution is -2.56. The number of benzene rings is 1. The summed E-state index contributed by atoms with van der Waals surface area (Å²) >= 11 is 6.83. The maximum atomic E-state index is 13.7. The number of rotatable bonds is 20. The molecule has 1 heterocycles. The van der Waals surface area contributed by atoms with Crippen LogP contribution in [0.3, 0.4) is 0 Å². The Hall–Kier alpha value is -4.02. The third-order valence-electron chi connectivity index (χ3n) is 8.89. The number of hydrogen-bond donors (Lipinski definition) is 7. The average Bonchev–Trinajstić information content (AvgIpc) is 3.39. The van der Waals surface area contributed by atoms with Gasteiger partial charge < -0.3 is 38.9 Å². The molecular weight excluding hydrogens is 691 g/mol. The number of unbranched alkanes of at least 4 members (excludes halogenated alkanes) is 2. The number of guanidine groups is 1. The number of amides is 5. The summed E-state index contributed by atoms with van der Waals surface area (Å²) in [6, 6.07) is 3.91. The van der Waals surface area contributed by atoms with Crippen molar-refractivity contribution in [2.45, 2.75) is 115 Å². The second-order valence-corrected chi connectivity index (χ2v) is 14.6. The minimum Gasteiger partial charge on any atom is -0.370 e. The van der Waals surface area contributed by atoms with Gasteiger partial charge in [-0.3, -0.25) is 33.9 Å². The highest BCUT2D eigenvalue weighted by atomic mass is 32.2. The second kappa shape index (κ2) is 21.4. The normalized spacial score (nSPS) is 17.5. The number of aliphatic imine (C=N–C) groups is 1. The van der Waals surface area contributed by atoms with Crippen molar-refractivity contribution in [3.05, 3.63) is 40.3 Å². The molecule has 2 fully saturated rings. The van der Waals surface area contributed by atoms with E-state index >= 15 is 0 Å². The lowest BCUT2D eigenvalue weighted by atomic mass is 9.94. The first-order valence-corrected chi connectivity index (χ1v) is 19.0. The molecule has 1 saturated carbocycles. The molecule has 0 spiro atoms. The molecule has 1 aliphatic carbocycles. The van der Waals surface area contributed by atoms with E-state index in [9.17, 15) is 24.0 Å². The first-order chi connectivity index (χ1) is 24.4. The van der Waals surface area contributed by atoms with Gasteiger partial charge in [0.05, 0.1) is 4.91 Å². The molecule has 1 aromatic rings. The van der Waals surface area contributed by atoms with Gasteiger partial charge in [0.1, 0.15) is 22.4 Å². The molecular formula is C35H53N9O5S2. The maximum absolute atomic E-state index is 13.7. The average molecular weight is 744 g/mol. The third kappa shape index (κ3) is 13.2. The first-order valence-electron chi connectivity index (χ1n) is 17.8. The van der Waals surface area contributed by atoms with E-state index in [0.29, 0.717) is 53.4 Å². The number of hydrogen-bond acceptors (Lipinski definition) is 9. The van der Waals surface area contributed by atoms with Crippen LogP contribution in [0.2, 0.25) is 0 Å². The van der Waals surface area contributed by atoms with Crippen molar-refractivity contribution in [3.8, 4) is 0 Å². The minimum atomic E-state index is -1.04. The van der Waals surface area contributed by atoms with Crippen LogP contribution in [0.4, 0.5) is 0 Å². The Kier molecular flexibility index (Phi) is 17.3. The van der Waals surface area contributed by atoms with E-state index in [1.165, 1.54) is 18.2 Å². The lowest BCUT2D eigenvalue weighted by molar-refractivity contribution is -0.132. The van der Waals surface area contributed by atoms with E-state index in [1.807, 2.05) is 6.92 Å². The highest BCUT2D eigenvalue weighted by Gasteiger charge is 2.37. The van der Waals surface area contributed by atoms with E-state index in [2.05, 4.69) is 20.9 Å². The molecule has 0 radical (unpaired) electrons. The molecule has 51 heavy (non-hydrogen) atoms. The lowest BCUT2D eigenvalue weighted by Gasteiger charge is -2.29. The second-order valence-electron chi connectivity index (χ2n) is 12.9. The summed E-state index contributed by atoms with van der Waals surface area (Å²) in [4.78, 5) is 71.9. The highest BCUT2D eigenvalue weighted by molar-refractivity contribution is 8.26. The van der Waals surface area contributed by atoms with Gasteiger partial charge >= 0.3 is 0 Å². The Morgan fingerprint density at radius 3 is 2.12 bits per heavy atom. The molecule has 2 aliphatic rings. The number of thiocarbonyl (C=S) groups is 1. The largest absolute Gasteiger partial charge is 0.370 e. The summed E-state index contributed by atoms with van der Waals surface area (Å²) in [5, 5.41) is 8.23. The summed E-state index contributed by atoms with van der Waals surface area (Å²) < 4.78 is 0.571. The van der Waals surface area contributed by atoms with Crippen molar-refractivity contribution in [2.75, 3.05) is 13.1 Å². The molecule has 0 unspecified atom stereocenters. The Bertz CT molecular complexity index is 1440. The van der Waals surface area contributed by atoms with Gasteiger partial charge in [0.2, 0.25) is 17.7 Å². The molecule has 5 amide bonds. The fourth-order valence-corrected chi connectivity index (χ4v) is 7.43. The summed E-state index contributed by atoms with van der Waals surface area (Å²) in [6.45, 7) is 2.59. The van der Waals surface area contributed by atoms with Crippen LogP contribution in [0.15, 0.2) is 34.2 Å². The van der Waals surface area contributed by atoms with Crippen LogP contribution in [0.25, 0.3) is 6.08 Å². The van der Waals surface area contributed by atoms with Crippen LogP contribution >= 0.6 is 24.0 Å². The highest BCUT2D eigenvalue weighted by Crippen LogP contribution is 2.37. The van der Waals surface area contributed by atoms with Crippen LogP contribution in [0.5, 0.6) is 0 Å². The number of nitrogens with one attached hydrogen (secondary N) is 3. The SMILES string of the molecule is CCCC[C@H](NC(=O)[C@H](CCCCN)NC(=O)[C@H](CCCN=C(N)N)NC(=O)c1ccc(/C=C2\SC(=S)N(C3CCCCC3)C2=O)cc1)C(N)=O. The van der Waals surface area contributed by atoms with Crippen molar-refractivity contribution in [1.29, 1.82) is 0 Å². The van der Waals surface area contributed by atoms with Gasteiger partial charge in [-0.25, -0.2) is 0 Å². The van der Waals surface area contributed by atoms with E-state index < -0.39 is 41.8 Å². The van der Waals surface area contributed by atoms with Gasteiger partial charge in [0.25, 0.3) is 11.8 Å². The van der Waals surface area contributed by atoms with Gasteiger partial charge in [-0.05, 0) is 81.7 Å². The Morgan fingerprint density at radius 2 is 1.51 bits per heavy atom. The number of primary amides is 1. The molecule has 280 valence electrons. The molecule has 0 bridgehead atoms. The topological polar surface area (TPSA) is 241 Å². The molecule has 0 aromatic heterocycles. The van der Waals surface area contributed by atoms with Gasteiger partial charge in [-0.15, -0.1) is 0 Å². The van der Waals surface area contributed by atoms with Crippen molar-refractivity contribution in [2.24, 2.45) is 27.9 Å². The van der Waals surface area contributed by atoms with E-state index in [4.69, 9.17) is 35.2 Å². The van der Waals surface area contributed by atoms with Gasteiger partial charge in [0, 0.05) is 18.2 Å². The molecule has 3 atom stereocenters. The van der Waals surface area contributed by atoms with Crippen LogP contribution < -0.4 is 38.9 Å². The zero-order valence-corrected chi connectivity index (χ0v) is 31.0. The summed E-state index contributed by atoms with van der Waals surface area (Å²) in [5.74, 6) is -2.48. The number of thioether (sulfide) groups is 1. The fraction of sp³-hybridized carbons (Fsp3) is 0.571. The molecule has 1 aromatic carbocycles. The van der Waals surface area contributed by atoms with Crippen molar-refractivity contribution >= 4 is 69.9 Å². The van der Waals surface area contributed by atoms with Crippen LogP contribution in [0, 0.1) is 0 Å². The van der Waals surface area contributed by atoms with Gasteiger partial charge in [-0.1, -0.05) is 75.1 Å². The van der Waals surface area contributed by atoms with Crippen molar-refractivity contribution in [3.63, 3.8) is 0 Å². The van der Waals surface area contributed by atoms with E-state index in [0.717, 1.165) is 37.7 Å². The molecule has 3 rings (SSSR count).